The van der Waals surface area contributed by atoms with Gasteiger partial charge >= 0.3 is 0 Å². The molecule has 4 heteroatoms. The highest BCUT2D eigenvalue weighted by Crippen LogP contribution is 2.31. The zero-order chi connectivity index (χ0) is 10.3. The Morgan fingerprint density at radius 1 is 1.29 bits per heavy atom. The van der Waals surface area contributed by atoms with Gasteiger partial charge in [0.05, 0.1) is 15.9 Å². The topological polar surface area (TPSA) is 12.9 Å². The molecule has 0 atom stereocenters. The number of benzene rings is 1. The van der Waals surface area contributed by atoms with Gasteiger partial charge in [-0.15, -0.1) is 0 Å². The predicted octanol–water partition coefficient (Wildman–Crippen LogP) is 3.99. The third-order valence-electron chi connectivity index (χ3n) is 2.07. The molecule has 1 aromatic heterocycles. The molecule has 0 fully saturated rings. The maximum atomic E-state index is 13.4. The van der Waals surface area contributed by atoms with Crippen LogP contribution in [-0.4, -0.2) is 4.98 Å². The van der Waals surface area contributed by atoms with E-state index < -0.39 is 0 Å². The second-order valence-corrected chi connectivity index (χ2v) is 3.71. The Morgan fingerprint density at radius 2 is 2.00 bits per heavy atom. The summed E-state index contributed by atoms with van der Waals surface area (Å²) in [6.07, 6.45) is 0. The molecule has 0 aliphatic rings. The molecule has 1 aromatic carbocycles. The van der Waals surface area contributed by atoms with Crippen molar-refractivity contribution >= 4 is 34.1 Å². The Hall–Kier alpha value is -0.860. The van der Waals surface area contributed by atoms with Crippen LogP contribution in [0.25, 0.3) is 10.9 Å². The number of aromatic nitrogens is 1. The van der Waals surface area contributed by atoms with Crippen LogP contribution in [0, 0.1) is 12.7 Å². The summed E-state index contributed by atoms with van der Waals surface area (Å²) in [7, 11) is 0. The number of nitrogens with zero attached hydrogens (tertiary/aromatic N) is 1. The minimum Gasteiger partial charge on any atom is -0.236 e. The normalized spacial score (nSPS) is 10.9. The number of hydrogen-bond donors (Lipinski definition) is 0. The first-order chi connectivity index (χ1) is 6.61. The summed E-state index contributed by atoms with van der Waals surface area (Å²) in [6, 6.07) is 4.60. The average Bonchev–Trinajstić information content (AvgIpc) is 2.14. The molecule has 2 rings (SSSR count). The highest BCUT2D eigenvalue weighted by atomic mass is 35.5. The van der Waals surface area contributed by atoms with Crippen molar-refractivity contribution in [1.82, 2.24) is 4.98 Å². The van der Waals surface area contributed by atoms with Gasteiger partial charge in [0.1, 0.15) is 11.0 Å². The molecule has 1 nitrogen and oxygen atoms in total. The molecule has 0 aliphatic heterocycles. The first kappa shape index (κ1) is 9.69. The monoisotopic (exact) mass is 229 g/mol. The van der Waals surface area contributed by atoms with Crippen LogP contribution in [0.4, 0.5) is 4.39 Å². The molecule has 0 saturated carbocycles. The third kappa shape index (κ3) is 1.35. The summed E-state index contributed by atoms with van der Waals surface area (Å²) < 4.78 is 13.4. The molecule has 1 heterocycles. The molecule has 0 spiro atoms. The minimum absolute atomic E-state index is 0.313. The van der Waals surface area contributed by atoms with Gasteiger partial charge in [-0.3, -0.25) is 0 Å². The van der Waals surface area contributed by atoms with Crippen LogP contribution in [0.1, 0.15) is 5.56 Å². The first-order valence-electron chi connectivity index (χ1n) is 4.01. The summed E-state index contributed by atoms with van der Waals surface area (Å²) in [5.74, 6) is -0.375. The van der Waals surface area contributed by atoms with Crippen LogP contribution in [0.2, 0.25) is 10.2 Å². The summed E-state index contributed by atoms with van der Waals surface area (Å²) >= 11 is 11.8. The SMILES string of the molecule is Cc1c(Cl)nc2cccc(F)c2c1Cl. The summed E-state index contributed by atoms with van der Waals surface area (Å²) in [6.45, 7) is 1.71. The van der Waals surface area contributed by atoms with Crippen LogP contribution in [0.5, 0.6) is 0 Å². The van der Waals surface area contributed by atoms with Crippen molar-refractivity contribution in [2.75, 3.05) is 0 Å². The van der Waals surface area contributed by atoms with Crippen molar-refractivity contribution < 1.29 is 4.39 Å². The van der Waals surface area contributed by atoms with Crippen LogP contribution in [-0.2, 0) is 0 Å². The molecule has 72 valence electrons. The molecule has 0 unspecified atom stereocenters. The lowest BCUT2D eigenvalue weighted by Crippen LogP contribution is -1.89. The van der Waals surface area contributed by atoms with Gasteiger partial charge in [-0.25, -0.2) is 9.37 Å². The van der Waals surface area contributed by atoms with Crippen LogP contribution in [0.3, 0.4) is 0 Å². The number of pyridine rings is 1. The van der Waals surface area contributed by atoms with E-state index in [1.807, 2.05) is 0 Å². The van der Waals surface area contributed by atoms with Gasteiger partial charge in [0, 0.05) is 5.56 Å². The lowest BCUT2D eigenvalue weighted by atomic mass is 10.1. The third-order valence-corrected chi connectivity index (χ3v) is 2.91. The van der Waals surface area contributed by atoms with Gasteiger partial charge in [-0.2, -0.15) is 0 Å². The van der Waals surface area contributed by atoms with E-state index in [0.29, 0.717) is 26.6 Å². The average molecular weight is 230 g/mol. The van der Waals surface area contributed by atoms with Gasteiger partial charge in [0.15, 0.2) is 0 Å². The van der Waals surface area contributed by atoms with Crippen molar-refractivity contribution in [3.8, 4) is 0 Å². The van der Waals surface area contributed by atoms with Gasteiger partial charge in [0.2, 0.25) is 0 Å². The van der Waals surface area contributed by atoms with Crippen molar-refractivity contribution in [2.24, 2.45) is 0 Å². The van der Waals surface area contributed by atoms with Crippen LogP contribution >= 0.6 is 23.2 Å². The van der Waals surface area contributed by atoms with Gasteiger partial charge < -0.3 is 0 Å². The fourth-order valence-corrected chi connectivity index (χ4v) is 1.80. The molecule has 0 radical (unpaired) electrons. The maximum Gasteiger partial charge on any atom is 0.134 e. The van der Waals surface area contributed by atoms with Crippen LogP contribution in [0.15, 0.2) is 18.2 Å². The second kappa shape index (κ2) is 3.37. The van der Waals surface area contributed by atoms with Crippen LogP contribution < -0.4 is 0 Å². The lowest BCUT2D eigenvalue weighted by molar-refractivity contribution is 0.639. The van der Waals surface area contributed by atoms with E-state index in [1.54, 1.807) is 19.1 Å². The maximum absolute atomic E-state index is 13.4. The van der Waals surface area contributed by atoms with Gasteiger partial charge in [-0.1, -0.05) is 29.3 Å². The Kier molecular flexibility index (Phi) is 2.33. The predicted molar refractivity (Wildman–Crippen MR) is 56.5 cm³/mol. The molecular weight excluding hydrogens is 224 g/mol. The van der Waals surface area contributed by atoms with Crippen molar-refractivity contribution in [3.05, 3.63) is 39.8 Å². The van der Waals surface area contributed by atoms with E-state index in [2.05, 4.69) is 4.98 Å². The molecule has 14 heavy (non-hydrogen) atoms. The zero-order valence-corrected chi connectivity index (χ0v) is 8.83. The Labute approximate surface area is 90.5 Å². The van der Waals surface area contributed by atoms with E-state index in [-0.39, 0.29) is 5.82 Å². The van der Waals surface area contributed by atoms with E-state index in [9.17, 15) is 4.39 Å². The molecule has 0 aliphatic carbocycles. The number of fused-ring (bicyclic) bond motifs is 1. The molecular formula is C10H6Cl2FN. The fourth-order valence-electron chi connectivity index (χ4n) is 1.29. The fraction of sp³-hybridized carbons (Fsp3) is 0.100. The summed E-state index contributed by atoms with van der Waals surface area (Å²) in [4.78, 5) is 4.04. The number of halogens is 3. The molecule has 0 amide bonds. The number of rotatable bonds is 0. The highest BCUT2D eigenvalue weighted by molar-refractivity contribution is 6.39. The van der Waals surface area contributed by atoms with Crippen molar-refractivity contribution in [2.45, 2.75) is 6.92 Å². The molecule has 0 saturated heterocycles. The summed E-state index contributed by atoms with van der Waals surface area (Å²) in [5.41, 5.74) is 1.08. The Morgan fingerprint density at radius 3 is 2.71 bits per heavy atom. The van der Waals surface area contributed by atoms with E-state index in [1.165, 1.54) is 6.07 Å². The largest absolute Gasteiger partial charge is 0.236 e. The van der Waals surface area contributed by atoms with E-state index >= 15 is 0 Å². The Balaban J connectivity index is 2.99. The summed E-state index contributed by atoms with van der Waals surface area (Å²) in [5, 5.41) is 0.974. The standard InChI is InChI=1S/C10H6Cl2FN/c1-5-9(11)8-6(13)3-2-4-7(8)14-10(5)12/h2-4H,1H3. The van der Waals surface area contributed by atoms with E-state index in [4.69, 9.17) is 23.2 Å². The molecule has 0 bridgehead atoms. The second-order valence-electron chi connectivity index (χ2n) is 2.98. The Bertz CT molecular complexity index is 511. The van der Waals surface area contributed by atoms with Gasteiger partial charge in [-0.05, 0) is 19.1 Å². The molecule has 2 aromatic rings. The lowest BCUT2D eigenvalue weighted by Gasteiger charge is -2.05. The van der Waals surface area contributed by atoms with Crippen molar-refractivity contribution in [1.29, 1.82) is 0 Å². The van der Waals surface area contributed by atoms with Crippen molar-refractivity contribution in [3.63, 3.8) is 0 Å². The first-order valence-corrected chi connectivity index (χ1v) is 4.76. The number of hydrogen-bond acceptors (Lipinski definition) is 1. The molecule has 0 N–H and O–H groups in total. The quantitative estimate of drug-likeness (QED) is 0.623. The van der Waals surface area contributed by atoms with E-state index in [0.717, 1.165) is 0 Å². The van der Waals surface area contributed by atoms with Gasteiger partial charge in [0.25, 0.3) is 0 Å². The highest BCUT2D eigenvalue weighted by Gasteiger charge is 2.11. The zero-order valence-electron chi connectivity index (χ0n) is 7.31. The minimum atomic E-state index is -0.375. The smallest absolute Gasteiger partial charge is 0.134 e.